The molecule has 0 spiro atoms. The molecule has 4 heteroatoms. The van der Waals surface area contributed by atoms with Crippen LogP contribution in [0.3, 0.4) is 0 Å². The molecule has 0 bridgehead atoms. The van der Waals surface area contributed by atoms with E-state index >= 15 is 0 Å². The average Bonchev–Trinajstić information content (AvgIpc) is 3.15. The van der Waals surface area contributed by atoms with Gasteiger partial charge in [0.25, 0.3) is 0 Å². The summed E-state index contributed by atoms with van der Waals surface area (Å²) in [6.07, 6.45) is 2.09. The molecule has 2 unspecified atom stereocenters. The molecule has 0 aromatic heterocycles. The summed E-state index contributed by atoms with van der Waals surface area (Å²) in [5.41, 5.74) is 0.401. The molecular formula is C14H13ClFNO. The zero-order valence-electron chi connectivity index (χ0n) is 9.99. The molecular weight excluding hydrogens is 253 g/mol. The van der Waals surface area contributed by atoms with Gasteiger partial charge in [-0.15, -0.1) is 0 Å². The Labute approximate surface area is 110 Å². The first-order chi connectivity index (χ1) is 8.54. The third kappa shape index (κ3) is 2.54. The van der Waals surface area contributed by atoms with E-state index in [0.717, 1.165) is 18.9 Å². The topological polar surface area (TPSA) is 40.9 Å². The number of halogens is 2. The molecule has 1 aliphatic carbocycles. The van der Waals surface area contributed by atoms with Gasteiger partial charge in [0.2, 0.25) is 0 Å². The zero-order chi connectivity index (χ0) is 13.3. The molecule has 1 aliphatic rings. The highest BCUT2D eigenvalue weighted by atomic mass is 35.5. The Balaban J connectivity index is 2.27. The zero-order valence-corrected chi connectivity index (χ0v) is 10.7. The van der Waals surface area contributed by atoms with Crippen LogP contribution < -0.4 is 0 Å². The molecule has 0 saturated heterocycles. The smallest absolute Gasteiger partial charge is 0.157 e. The molecule has 2 nitrogen and oxygen atoms in total. The van der Waals surface area contributed by atoms with Gasteiger partial charge in [0.1, 0.15) is 11.7 Å². The van der Waals surface area contributed by atoms with E-state index in [1.54, 1.807) is 0 Å². The highest BCUT2D eigenvalue weighted by Gasteiger charge is 2.36. The number of hydrogen-bond donors (Lipinski definition) is 0. The van der Waals surface area contributed by atoms with Crippen LogP contribution in [0.1, 0.15) is 31.2 Å². The molecule has 94 valence electrons. The second-order valence-electron chi connectivity index (χ2n) is 4.76. The van der Waals surface area contributed by atoms with E-state index in [4.69, 9.17) is 11.6 Å². The second-order valence-corrected chi connectivity index (χ2v) is 5.16. The van der Waals surface area contributed by atoms with Crippen molar-refractivity contribution in [2.75, 3.05) is 0 Å². The fourth-order valence-electron chi connectivity index (χ4n) is 2.11. The fraction of sp³-hybridized carbons (Fsp3) is 0.429. The van der Waals surface area contributed by atoms with Crippen molar-refractivity contribution in [3.05, 3.63) is 34.6 Å². The average molecular weight is 266 g/mol. The van der Waals surface area contributed by atoms with Crippen molar-refractivity contribution < 1.29 is 9.18 Å². The first kappa shape index (κ1) is 13.0. The third-order valence-corrected chi connectivity index (χ3v) is 3.79. The van der Waals surface area contributed by atoms with E-state index in [0.29, 0.717) is 11.5 Å². The standard InChI is InChI=1S/C14H13ClFNO/c1-8(9-2-3-9)14(18)12(7-17)11-5-4-10(16)6-13(11)15/h4-6,8-9,12H,2-3H2,1H3. The monoisotopic (exact) mass is 265 g/mol. The first-order valence-corrected chi connectivity index (χ1v) is 6.30. The molecule has 18 heavy (non-hydrogen) atoms. The van der Waals surface area contributed by atoms with Crippen LogP contribution in [-0.4, -0.2) is 5.78 Å². The Morgan fingerprint density at radius 2 is 2.22 bits per heavy atom. The maximum Gasteiger partial charge on any atom is 0.157 e. The van der Waals surface area contributed by atoms with E-state index in [1.807, 2.05) is 13.0 Å². The molecule has 0 N–H and O–H groups in total. The number of benzene rings is 1. The predicted octanol–water partition coefficient (Wildman–Crippen LogP) is 3.70. The summed E-state index contributed by atoms with van der Waals surface area (Å²) < 4.78 is 13.0. The summed E-state index contributed by atoms with van der Waals surface area (Å²) in [4.78, 5) is 12.2. The number of hydrogen-bond acceptors (Lipinski definition) is 2. The van der Waals surface area contributed by atoms with Gasteiger partial charge in [0, 0.05) is 10.9 Å². The summed E-state index contributed by atoms with van der Waals surface area (Å²) in [6.45, 7) is 1.85. The minimum atomic E-state index is -0.895. The molecule has 2 atom stereocenters. The Kier molecular flexibility index (Phi) is 3.68. The van der Waals surface area contributed by atoms with Crippen LogP contribution in [0.25, 0.3) is 0 Å². The lowest BCUT2D eigenvalue weighted by atomic mass is 9.87. The van der Waals surface area contributed by atoms with Gasteiger partial charge >= 0.3 is 0 Å². The molecule has 2 rings (SSSR count). The van der Waals surface area contributed by atoms with Gasteiger partial charge in [-0.2, -0.15) is 5.26 Å². The summed E-state index contributed by atoms with van der Waals surface area (Å²) in [6, 6.07) is 5.76. The number of nitrogens with zero attached hydrogens (tertiary/aromatic N) is 1. The van der Waals surface area contributed by atoms with Crippen molar-refractivity contribution in [2.24, 2.45) is 11.8 Å². The number of rotatable bonds is 4. The van der Waals surface area contributed by atoms with Crippen molar-refractivity contribution >= 4 is 17.4 Å². The van der Waals surface area contributed by atoms with Gasteiger partial charge in [0.05, 0.1) is 6.07 Å². The van der Waals surface area contributed by atoms with E-state index in [1.165, 1.54) is 12.1 Å². The summed E-state index contributed by atoms with van der Waals surface area (Å²) in [7, 11) is 0. The molecule has 0 heterocycles. The molecule has 1 aromatic rings. The quantitative estimate of drug-likeness (QED) is 0.833. The molecule has 1 saturated carbocycles. The minimum absolute atomic E-state index is 0.117. The van der Waals surface area contributed by atoms with Crippen LogP contribution in [-0.2, 0) is 4.79 Å². The van der Waals surface area contributed by atoms with Crippen molar-refractivity contribution in [3.8, 4) is 6.07 Å². The van der Waals surface area contributed by atoms with Crippen molar-refractivity contribution in [1.82, 2.24) is 0 Å². The SMILES string of the molecule is CC(C(=O)C(C#N)c1ccc(F)cc1Cl)C1CC1. The maximum absolute atomic E-state index is 13.0. The van der Waals surface area contributed by atoms with Crippen LogP contribution in [0.15, 0.2) is 18.2 Å². The molecule has 0 aliphatic heterocycles. The van der Waals surface area contributed by atoms with Crippen LogP contribution in [0.5, 0.6) is 0 Å². The van der Waals surface area contributed by atoms with Gasteiger partial charge in [-0.3, -0.25) is 4.79 Å². The number of ketones is 1. The highest BCUT2D eigenvalue weighted by molar-refractivity contribution is 6.31. The van der Waals surface area contributed by atoms with Gasteiger partial charge in [-0.25, -0.2) is 4.39 Å². The summed E-state index contributed by atoms with van der Waals surface area (Å²) in [5.74, 6) is -1.21. The Hall–Kier alpha value is -1.40. The van der Waals surface area contributed by atoms with Gasteiger partial charge < -0.3 is 0 Å². The Morgan fingerprint density at radius 3 is 2.72 bits per heavy atom. The lowest BCUT2D eigenvalue weighted by Crippen LogP contribution is -2.20. The maximum atomic E-state index is 13.0. The lowest BCUT2D eigenvalue weighted by molar-refractivity contribution is -0.123. The first-order valence-electron chi connectivity index (χ1n) is 5.93. The van der Waals surface area contributed by atoms with E-state index < -0.39 is 11.7 Å². The summed E-state index contributed by atoms with van der Waals surface area (Å²) in [5, 5.41) is 9.31. The van der Waals surface area contributed by atoms with E-state index in [9.17, 15) is 14.4 Å². The molecule has 0 radical (unpaired) electrons. The van der Waals surface area contributed by atoms with Crippen LogP contribution in [0, 0.1) is 29.0 Å². The largest absolute Gasteiger partial charge is 0.298 e. The van der Waals surface area contributed by atoms with Crippen molar-refractivity contribution in [2.45, 2.75) is 25.7 Å². The minimum Gasteiger partial charge on any atom is -0.298 e. The second kappa shape index (κ2) is 5.07. The number of carbonyl (C=O) groups is 1. The number of carbonyl (C=O) groups excluding carboxylic acids is 1. The van der Waals surface area contributed by atoms with Crippen LogP contribution in [0.2, 0.25) is 5.02 Å². The number of nitriles is 1. The van der Waals surface area contributed by atoms with E-state index in [-0.39, 0.29) is 16.7 Å². The highest BCUT2D eigenvalue weighted by Crippen LogP contribution is 2.40. The molecule has 1 fully saturated rings. The Morgan fingerprint density at radius 1 is 1.56 bits per heavy atom. The van der Waals surface area contributed by atoms with Gasteiger partial charge in [-0.1, -0.05) is 24.6 Å². The molecule has 0 amide bonds. The molecule has 1 aromatic carbocycles. The van der Waals surface area contributed by atoms with E-state index in [2.05, 4.69) is 0 Å². The van der Waals surface area contributed by atoms with Gasteiger partial charge in [-0.05, 0) is 36.5 Å². The number of Topliss-reactive ketones (excluding diaryl/α,β-unsaturated/α-hetero) is 1. The third-order valence-electron chi connectivity index (χ3n) is 3.47. The Bertz CT molecular complexity index is 519. The van der Waals surface area contributed by atoms with Crippen molar-refractivity contribution in [3.63, 3.8) is 0 Å². The lowest BCUT2D eigenvalue weighted by Gasteiger charge is -2.15. The van der Waals surface area contributed by atoms with Crippen LogP contribution >= 0.6 is 11.6 Å². The van der Waals surface area contributed by atoms with Gasteiger partial charge in [0.15, 0.2) is 5.78 Å². The summed E-state index contributed by atoms with van der Waals surface area (Å²) >= 11 is 5.90. The predicted molar refractivity (Wildman–Crippen MR) is 66.7 cm³/mol. The fourth-order valence-corrected chi connectivity index (χ4v) is 2.39. The van der Waals surface area contributed by atoms with Crippen LogP contribution in [0.4, 0.5) is 4.39 Å². The normalized spacial score (nSPS) is 17.9. The van der Waals surface area contributed by atoms with Crippen molar-refractivity contribution in [1.29, 1.82) is 5.26 Å².